The van der Waals surface area contributed by atoms with E-state index in [-0.39, 0.29) is 5.91 Å². The van der Waals surface area contributed by atoms with E-state index in [4.69, 9.17) is 26.3 Å². The maximum atomic E-state index is 12.2. The zero-order valence-corrected chi connectivity index (χ0v) is 13.4. The van der Waals surface area contributed by atoms with Crippen molar-refractivity contribution in [2.75, 3.05) is 12.4 Å². The van der Waals surface area contributed by atoms with Crippen molar-refractivity contribution in [1.29, 1.82) is 5.26 Å². The summed E-state index contributed by atoms with van der Waals surface area (Å²) < 4.78 is 10.8. The molecule has 6 heteroatoms. The fourth-order valence-corrected chi connectivity index (χ4v) is 1.98. The van der Waals surface area contributed by atoms with Gasteiger partial charge in [0.15, 0.2) is 17.6 Å². The predicted molar refractivity (Wildman–Crippen MR) is 87.9 cm³/mol. The lowest BCUT2D eigenvalue weighted by Crippen LogP contribution is -2.30. The number of nitriles is 1. The molecule has 2 aromatic carbocycles. The van der Waals surface area contributed by atoms with Crippen LogP contribution in [0.15, 0.2) is 42.5 Å². The summed E-state index contributed by atoms with van der Waals surface area (Å²) in [7, 11) is 1.47. The van der Waals surface area contributed by atoms with Crippen molar-refractivity contribution < 1.29 is 14.3 Å². The van der Waals surface area contributed by atoms with E-state index in [1.165, 1.54) is 7.11 Å². The third-order valence-corrected chi connectivity index (χ3v) is 3.33. The lowest BCUT2D eigenvalue weighted by Gasteiger charge is -2.17. The van der Waals surface area contributed by atoms with Crippen LogP contribution in [0.5, 0.6) is 11.5 Å². The highest BCUT2D eigenvalue weighted by Crippen LogP contribution is 2.29. The highest BCUT2D eigenvalue weighted by atomic mass is 35.5. The number of carbonyl (C=O) groups excluding carboxylic acids is 1. The largest absolute Gasteiger partial charge is 0.493 e. The first kappa shape index (κ1) is 16.7. The molecule has 2 rings (SSSR count). The fourth-order valence-electron chi connectivity index (χ4n) is 1.86. The van der Waals surface area contributed by atoms with E-state index in [9.17, 15) is 4.79 Å². The van der Waals surface area contributed by atoms with Gasteiger partial charge in [-0.2, -0.15) is 5.26 Å². The number of nitrogens with zero attached hydrogens (tertiary/aromatic N) is 1. The summed E-state index contributed by atoms with van der Waals surface area (Å²) >= 11 is 5.80. The number of anilines is 1. The topological polar surface area (TPSA) is 71.3 Å². The van der Waals surface area contributed by atoms with Gasteiger partial charge in [0.25, 0.3) is 5.91 Å². The number of rotatable bonds is 5. The Morgan fingerprint density at radius 3 is 2.52 bits per heavy atom. The standard InChI is InChI=1S/C17H15ClN2O3/c1-11(17(21)20-14-6-4-13(18)5-7-14)23-15-8-3-12(10-19)9-16(15)22-2/h3-9,11H,1-2H3,(H,20,21)/t11-/m1/s1. The Morgan fingerprint density at radius 1 is 1.22 bits per heavy atom. The highest BCUT2D eigenvalue weighted by molar-refractivity contribution is 6.30. The number of ether oxygens (including phenoxy) is 2. The molecule has 1 atom stereocenters. The molecule has 118 valence electrons. The summed E-state index contributed by atoms with van der Waals surface area (Å²) in [6.45, 7) is 1.63. The molecule has 0 aromatic heterocycles. The molecule has 0 aliphatic rings. The molecule has 0 saturated heterocycles. The molecule has 0 aliphatic heterocycles. The number of hydrogen-bond donors (Lipinski definition) is 1. The van der Waals surface area contributed by atoms with Crippen LogP contribution in [0.2, 0.25) is 5.02 Å². The molecular formula is C17H15ClN2O3. The number of nitrogens with one attached hydrogen (secondary N) is 1. The smallest absolute Gasteiger partial charge is 0.265 e. The van der Waals surface area contributed by atoms with Crippen LogP contribution in [0.4, 0.5) is 5.69 Å². The first-order valence-corrected chi connectivity index (χ1v) is 7.22. The summed E-state index contributed by atoms with van der Waals surface area (Å²) in [6, 6.07) is 13.6. The minimum atomic E-state index is -0.743. The SMILES string of the molecule is COc1cc(C#N)ccc1O[C@H](C)C(=O)Nc1ccc(Cl)cc1. The van der Waals surface area contributed by atoms with Crippen LogP contribution >= 0.6 is 11.6 Å². The van der Waals surface area contributed by atoms with Gasteiger partial charge in [-0.15, -0.1) is 0 Å². The summed E-state index contributed by atoms with van der Waals surface area (Å²) in [5.74, 6) is 0.485. The average molecular weight is 331 g/mol. The van der Waals surface area contributed by atoms with Crippen molar-refractivity contribution in [1.82, 2.24) is 0 Å². The second-order valence-corrected chi connectivity index (χ2v) is 5.17. The second kappa shape index (κ2) is 7.52. The summed E-state index contributed by atoms with van der Waals surface area (Å²) in [5, 5.41) is 12.2. The normalized spacial score (nSPS) is 11.2. The van der Waals surface area contributed by atoms with Crippen LogP contribution in [-0.4, -0.2) is 19.1 Å². The van der Waals surface area contributed by atoms with E-state index in [1.807, 2.05) is 6.07 Å². The number of amides is 1. The second-order valence-electron chi connectivity index (χ2n) is 4.73. The van der Waals surface area contributed by atoms with Crippen molar-refractivity contribution in [3.8, 4) is 17.6 Å². The highest BCUT2D eigenvalue weighted by Gasteiger charge is 2.17. The minimum absolute atomic E-state index is 0.307. The molecule has 0 saturated carbocycles. The quantitative estimate of drug-likeness (QED) is 0.908. The van der Waals surface area contributed by atoms with Crippen molar-refractivity contribution in [3.05, 3.63) is 53.1 Å². The van der Waals surface area contributed by atoms with Gasteiger partial charge >= 0.3 is 0 Å². The third kappa shape index (κ3) is 4.38. The van der Waals surface area contributed by atoms with Gasteiger partial charge in [0.2, 0.25) is 0 Å². The van der Waals surface area contributed by atoms with E-state index in [2.05, 4.69) is 5.32 Å². The Balaban J connectivity index is 2.06. The zero-order valence-electron chi connectivity index (χ0n) is 12.7. The monoisotopic (exact) mass is 330 g/mol. The van der Waals surface area contributed by atoms with E-state index in [0.717, 1.165) is 0 Å². The Kier molecular flexibility index (Phi) is 5.45. The Hall–Kier alpha value is -2.71. The van der Waals surface area contributed by atoms with Crippen LogP contribution in [-0.2, 0) is 4.79 Å². The number of hydrogen-bond acceptors (Lipinski definition) is 4. The van der Waals surface area contributed by atoms with Crippen molar-refractivity contribution in [2.24, 2.45) is 0 Å². The first-order valence-electron chi connectivity index (χ1n) is 6.84. The molecule has 0 bridgehead atoms. The number of carbonyl (C=O) groups is 1. The minimum Gasteiger partial charge on any atom is -0.493 e. The summed E-state index contributed by atoms with van der Waals surface area (Å²) in [6.07, 6.45) is -0.743. The number of benzene rings is 2. The molecule has 2 aromatic rings. The molecule has 1 N–H and O–H groups in total. The van der Waals surface area contributed by atoms with Crippen molar-refractivity contribution >= 4 is 23.2 Å². The van der Waals surface area contributed by atoms with Crippen molar-refractivity contribution in [3.63, 3.8) is 0 Å². The molecule has 0 unspecified atom stereocenters. The lowest BCUT2D eigenvalue weighted by molar-refractivity contribution is -0.122. The van der Waals surface area contributed by atoms with Crippen LogP contribution in [0.1, 0.15) is 12.5 Å². The summed E-state index contributed by atoms with van der Waals surface area (Å²) in [4.78, 5) is 12.2. The van der Waals surface area contributed by atoms with Gasteiger partial charge in [0.05, 0.1) is 18.7 Å². The molecule has 0 fully saturated rings. The summed E-state index contributed by atoms with van der Waals surface area (Å²) in [5.41, 5.74) is 1.08. The molecule has 5 nitrogen and oxygen atoms in total. The van der Waals surface area contributed by atoms with Gasteiger partial charge in [-0.25, -0.2) is 0 Å². The molecule has 1 amide bonds. The molecular weight excluding hydrogens is 316 g/mol. The van der Waals surface area contributed by atoms with E-state index < -0.39 is 6.10 Å². The molecule has 0 aliphatic carbocycles. The fraction of sp³-hybridized carbons (Fsp3) is 0.176. The van der Waals surface area contributed by atoms with Gasteiger partial charge in [-0.05, 0) is 43.3 Å². The van der Waals surface area contributed by atoms with Crippen molar-refractivity contribution in [2.45, 2.75) is 13.0 Å². The predicted octanol–water partition coefficient (Wildman–Crippen LogP) is 3.63. The molecule has 23 heavy (non-hydrogen) atoms. The molecule has 0 spiro atoms. The Bertz CT molecular complexity index is 738. The van der Waals surface area contributed by atoms with Crippen LogP contribution in [0.25, 0.3) is 0 Å². The Morgan fingerprint density at radius 2 is 1.91 bits per heavy atom. The zero-order chi connectivity index (χ0) is 16.8. The van der Waals surface area contributed by atoms with Gasteiger partial charge in [-0.3, -0.25) is 4.79 Å². The van der Waals surface area contributed by atoms with Crippen LogP contribution < -0.4 is 14.8 Å². The van der Waals surface area contributed by atoms with Gasteiger partial charge in [0, 0.05) is 16.8 Å². The van der Waals surface area contributed by atoms with Gasteiger partial charge in [-0.1, -0.05) is 11.6 Å². The maximum Gasteiger partial charge on any atom is 0.265 e. The average Bonchev–Trinajstić information content (AvgIpc) is 2.57. The Labute approximate surface area is 139 Å². The van der Waals surface area contributed by atoms with E-state index in [1.54, 1.807) is 49.4 Å². The van der Waals surface area contributed by atoms with Gasteiger partial charge in [0.1, 0.15) is 0 Å². The van der Waals surface area contributed by atoms with Crippen LogP contribution in [0.3, 0.4) is 0 Å². The number of halogens is 1. The van der Waals surface area contributed by atoms with E-state index in [0.29, 0.717) is 27.8 Å². The van der Waals surface area contributed by atoms with Crippen LogP contribution in [0, 0.1) is 11.3 Å². The first-order chi connectivity index (χ1) is 11.0. The van der Waals surface area contributed by atoms with E-state index >= 15 is 0 Å². The number of methoxy groups -OCH3 is 1. The molecule has 0 radical (unpaired) electrons. The third-order valence-electron chi connectivity index (χ3n) is 3.08. The maximum absolute atomic E-state index is 12.2. The molecule has 0 heterocycles. The van der Waals surface area contributed by atoms with Gasteiger partial charge < -0.3 is 14.8 Å². The lowest BCUT2D eigenvalue weighted by atomic mass is 10.2.